The Labute approximate surface area is 184 Å². The number of benzene rings is 1. The van der Waals surface area contributed by atoms with E-state index in [0.717, 1.165) is 12.8 Å². The first-order chi connectivity index (χ1) is 15.1. The molecular weight excluding hydrogens is 421 g/mol. The predicted molar refractivity (Wildman–Crippen MR) is 119 cm³/mol. The van der Waals surface area contributed by atoms with Gasteiger partial charge in [0, 0.05) is 43.2 Å². The standard InChI is InChI=1S/C22H23ClFN5O2/c23-31-21-12-27-22(28-16-7-14(8-16)13-30)9-19(21)29-6-5-18(20(29)10-25)26-11-15-3-1-2-4-17(15)24/h1-6,9-10,12,14,16,25-26,30H,7-8,11,13H2,(H,27,28). The highest BCUT2D eigenvalue weighted by atomic mass is 35.5. The Kier molecular flexibility index (Phi) is 6.39. The van der Waals surface area contributed by atoms with Crippen LogP contribution >= 0.6 is 11.9 Å². The lowest BCUT2D eigenvalue weighted by molar-refractivity contribution is 0.151. The normalized spacial score (nSPS) is 17.6. The van der Waals surface area contributed by atoms with Gasteiger partial charge in [-0.15, -0.1) is 0 Å². The van der Waals surface area contributed by atoms with Crippen LogP contribution in [0.25, 0.3) is 5.69 Å². The lowest BCUT2D eigenvalue weighted by Crippen LogP contribution is -2.37. The van der Waals surface area contributed by atoms with Crippen LogP contribution in [0.2, 0.25) is 0 Å². The first-order valence-electron chi connectivity index (χ1n) is 9.98. The highest BCUT2D eigenvalue weighted by Gasteiger charge is 2.28. The second-order valence-electron chi connectivity index (χ2n) is 7.55. The average molecular weight is 444 g/mol. The summed E-state index contributed by atoms with van der Waals surface area (Å²) in [4.78, 5) is 4.35. The molecule has 1 aliphatic rings. The van der Waals surface area contributed by atoms with Gasteiger partial charge in [0.15, 0.2) is 5.75 Å². The Hall–Kier alpha value is -3.10. The van der Waals surface area contributed by atoms with E-state index in [4.69, 9.17) is 21.6 Å². The van der Waals surface area contributed by atoms with Gasteiger partial charge < -0.3 is 30.0 Å². The molecule has 7 nitrogen and oxygen atoms in total. The third-order valence-corrected chi connectivity index (χ3v) is 5.69. The molecule has 0 atom stereocenters. The number of aliphatic hydroxyl groups is 1. The van der Waals surface area contributed by atoms with E-state index in [1.807, 2.05) is 6.07 Å². The Balaban J connectivity index is 1.57. The molecule has 4 rings (SSSR count). The van der Waals surface area contributed by atoms with Crippen molar-refractivity contribution >= 4 is 29.6 Å². The van der Waals surface area contributed by atoms with Crippen LogP contribution in [-0.2, 0) is 6.54 Å². The molecule has 162 valence electrons. The third kappa shape index (κ3) is 4.50. The van der Waals surface area contributed by atoms with Crippen LogP contribution in [0.4, 0.5) is 15.9 Å². The number of rotatable bonds is 9. The van der Waals surface area contributed by atoms with Gasteiger partial charge in [0.1, 0.15) is 23.5 Å². The van der Waals surface area contributed by atoms with Gasteiger partial charge in [-0.1, -0.05) is 18.2 Å². The predicted octanol–water partition coefficient (Wildman–Crippen LogP) is 4.34. The highest BCUT2D eigenvalue weighted by Crippen LogP contribution is 2.33. The number of pyridine rings is 1. The van der Waals surface area contributed by atoms with Crippen LogP contribution in [0, 0.1) is 17.1 Å². The highest BCUT2D eigenvalue weighted by molar-refractivity contribution is 6.09. The molecule has 31 heavy (non-hydrogen) atoms. The molecule has 0 saturated heterocycles. The van der Waals surface area contributed by atoms with E-state index in [9.17, 15) is 9.50 Å². The fraction of sp³-hybridized carbons (Fsp3) is 0.273. The van der Waals surface area contributed by atoms with Gasteiger partial charge in [-0.2, -0.15) is 0 Å². The number of halogens is 2. The molecular formula is C22H23ClFN5O2. The fourth-order valence-electron chi connectivity index (χ4n) is 3.75. The van der Waals surface area contributed by atoms with Crippen LogP contribution in [0.15, 0.2) is 48.8 Å². The van der Waals surface area contributed by atoms with Crippen molar-refractivity contribution in [1.82, 2.24) is 9.55 Å². The van der Waals surface area contributed by atoms with Crippen LogP contribution in [0.1, 0.15) is 24.1 Å². The number of anilines is 2. The maximum absolute atomic E-state index is 13.9. The molecule has 0 unspecified atom stereocenters. The maximum atomic E-state index is 13.9. The molecule has 0 aliphatic heterocycles. The number of hydrogen-bond acceptors (Lipinski definition) is 6. The molecule has 1 aromatic carbocycles. The monoisotopic (exact) mass is 443 g/mol. The summed E-state index contributed by atoms with van der Waals surface area (Å²) in [6.45, 7) is 0.484. The summed E-state index contributed by atoms with van der Waals surface area (Å²) in [6, 6.07) is 10.4. The minimum absolute atomic E-state index is 0.199. The molecule has 2 heterocycles. The number of nitrogens with zero attached hydrogens (tertiary/aromatic N) is 2. The quantitative estimate of drug-likeness (QED) is 0.369. The lowest BCUT2D eigenvalue weighted by Gasteiger charge is -2.35. The molecule has 0 spiro atoms. The van der Waals surface area contributed by atoms with Crippen molar-refractivity contribution in [1.29, 1.82) is 5.41 Å². The first kappa shape index (κ1) is 21.1. The second kappa shape index (κ2) is 9.36. The van der Waals surface area contributed by atoms with E-state index < -0.39 is 0 Å². The molecule has 9 heteroatoms. The van der Waals surface area contributed by atoms with Gasteiger partial charge in [-0.05, 0) is 30.9 Å². The van der Waals surface area contributed by atoms with Crippen molar-refractivity contribution in [3.05, 3.63) is 65.9 Å². The molecule has 2 aromatic heterocycles. The summed E-state index contributed by atoms with van der Waals surface area (Å²) >= 11 is 5.66. The molecule has 0 bridgehead atoms. The summed E-state index contributed by atoms with van der Waals surface area (Å²) in [5.41, 5.74) is 2.39. The lowest BCUT2D eigenvalue weighted by atomic mass is 9.81. The van der Waals surface area contributed by atoms with Gasteiger partial charge in [0.05, 0.1) is 23.3 Å². The Bertz CT molecular complexity index is 1070. The van der Waals surface area contributed by atoms with Crippen molar-refractivity contribution in [2.75, 3.05) is 17.2 Å². The molecule has 0 amide bonds. The maximum Gasteiger partial charge on any atom is 0.188 e. The molecule has 1 fully saturated rings. The Morgan fingerprint density at radius 3 is 2.84 bits per heavy atom. The van der Waals surface area contributed by atoms with E-state index in [1.165, 1.54) is 18.5 Å². The molecule has 1 saturated carbocycles. The summed E-state index contributed by atoms with van der Waals surface area (Å²) in [6.07, 6.45) is 6.30. The van der Waals surface area contributed by atoms with Crippen molar-refractivity contribution in [3.63, 3.8) is 0 Å². The zero-order valence-corrected chi connectivity index (χ0v) is 17.4. The summed E-state index contributed by atoms with van der Waals surface area (Å²) < 4.78 is 20.7. The van der Waals surface area contributed by atoms with Crippen LogP contribution in [0.3, 0.4) is 0 Å². The van der Waals surface area contributed by atoms with E-state index in [0.29, 0.717) is 40.1 Å². The van der Waals surface area contributed by atoms with E-state index in [1.54, 1.807) is 35.0 Å². The molecule has 1 aliphatic carbocycles. The molecule has 4 N–H and O–H groups in total. The largest absolute Gasteiger partial charge is 0.396 e. The zero-order valence-electron chi connectivity index (χ0n) is 16.7. The summed E-state index contributed by atoms with van der Waals surface area (Å²) in [5.74, 6) is 1.04. The zero-order chi connectivity index (χ0) is 21.8. The smallest absolute Gasteiger partial charge is 0.188 e. The average Bonchev–Trinajstić information content (AvgIpc) is 3.18. The SMILES string of the molecule is N=Cc1c(NCc2ccccc2F)ccn1-c1cc(NC2CC(CO)C2)ncc1OCl. The molecule has 3 aromatic rings. The van der Waals surface area contributed by atoms with Gasteiger partial charge in [0.2, 0.25) is 0 Å². The van der Waals surface area contributed by atoms with E-state index >= 15 is 0 Å². The van der Waals surface area contributed by atoms with Crippen LogP contribution in [0.5, 0.6) is 5.75 Å². The van der Waals surface area contributed by atoms with Gasteiger partial charge in [0.25, 0.3) is 0 Å². The number of nitrogens with one attached hydrogen (secondary N) is 3. The fourth-order valence-corrected chi connectivity index (χ4v) is 3.87. The van der Waals surface area contributed by atoms with Crippen molar-refractivity contribution in [2.24, 2.45) is 5.92 Å². The van der Waals surface area contributed by atoms with Gasteiger partial charge >= 0.3 is 0 Å². The minimum Gasteiger partial charge on any atom is -0.396 e. The Morgan fingerprint density at radius 1 is 1.32 bits per heavy atom. The summed E-state index contributed by atoms with van der Waals surface area (Å²) in [7, 11) is 0. The topological polar surface area (TPSA) is 95.2 Å². The number of hydrogen-bond donors (Lipinski definition) is 4. The third-order valence-electron chi connectivity index (χ3n) is 5.52. The van der Waals surface area contributed by atoms with E-state index in [-0.39, 0.29) is 25.0 Å². The summed E-state index contributed by atoms with van der Waals surface area (Å²) in [5, 5.41) is 23.6. The van der Waals surface area contributed by atoms with Crippen LogP contribution in [-0.4, -0.2) is 33.5 Å². The van der Waals surface area contributed by atoms with Crippen molar-refractivity contribution in [3.8, 4) is 11.4 Å². The Morgan fingerprint density at radius 2 is 2.13 bits per heavy atom. The minimum atomic E-state index is -0.284. The van der Waals surface area contributed by atoms with E-state index in [2.05, 4.69) is 15.6 Å². The molecule has 0 radical (unpaired) electrons. The van der Waals surface area contributed by atoms with Crippen molar-refractivity contribution < 1.29 is 13.8 Å². The number of aliphatic hydroxyl groups excluding tert-OH is 1. The number of aromatic nitrogens is 2. The van der Waals surface area contributed by atoms with Crippen LogP contribution < -0.4 is 14.9 Å². The van der Waals surface area contributed by atoms with Gasteiger partial charge in [-0.25, -0.2) is 9.37 Å². The second-order valence-corrected chi connectivity index (χ2v) is 7.70. The van der Waals surface area contributed by atoms with Gasteiger partial charge in [-0.3, -0.25) is 0 Å². The first-order valence-corrected chi connectivity index (χ1v) is 10.3. The van der Waals surface area contributed by atoms with Crippen molar-refractivity contribution in [2.45, 2.75) is 25.4 Å².